The maximum atomic E-state index is 14.4. The van der Waals surface area contributed by atoms with Crippen LogP contribution in [0.15, 0.2) is 11.6 Å². The number of ketones is 1. The summed E-state index contributed by atoms with van der Waals surface area (Å²) < 4.78 is 5.82. The van der Waals surface area contributed by atoms with Gasteiger partial charge in [-0.25, -0.2) is 0 Å². The van der Waals surface area contributed by atoms with Crippen LogP contribution in [-0.4, -0.2) is 28.9 Å². The smallest absolute Gasteiger partial charge is 0.309 e. The summed E-state index contributed by atoms with van der Waals surface area (Å²) in [4.78, 5) is 38.5. The number of carboxylic acid groups (broad SMARTS) is 1. The quantitative estimate of drug-likeness (QED) is 0.404. The van der Waals surface area contributed by atoms with Crippen molar-refractivity contribution in [3.8, 4) is 0 Å². The Bertz CT molecular complexity index is 1070. The zero-order chi connectivity index (χ0) is 27.4. The lowest BCUT2D eigenvalue weighted by molar-refractivity contribution is -0.210. The number of hydrogen-bond acceptors (Lipinski definition) is 4. The number of carboxylic acids is 1. The second kappa shape index (κ2) is 7.94. The Balaban J connectivity index is 1.58. The zero-order valence-electron chi connectivity index (χ0n) is 24.3. The minimum Gasteiger partial charge on any atom is -0.481 e. The van der Waals surface area contributed by atoms with E-state index in [-0.39, 0.29) is 56.8 Å². The van der Waals surface area contributed by atoms with Gasteiger partial charge in [-0.1, -0.05) is 47.1 Å². The average Bonchev–Trinajstić information content (AvgIpc) is 2.78. The molecule has 1 N–H and O–H groups in total. The fourth-order valence-electron chi connectivity index (χ4n) is 10.8. The molecule has 4 saturated carbocycles. The molecule has 5 aliphatic rings. The van der Waals surface area contributed by atoms with Gasteiger partial charge in [0.2, 0.25) is 0 Å². The number of ether oxygens (including phenoxy) is 1. The van der Waals surface area contributed by atoms with Crippen molar-refractivity contribution < 1.29 is 24.2 Å². The molecule has 9 atom stereocenters. The first kappa shape index (κ1) is 26.9. The summed E-state index contributed by atoms with van der Waals surface area (Å²) in [5.41, 5.74) is -0.0327. The van der Waals surface area contributed by atoms with Crippen LogP contribution in [-0.2, 0) is 19.1 Å². The summed E-state index contributed by atoms with van der Waals surface area (Å²) in [6.07, 6.45) is 10.0. The Hall–Kier alpha value is -1.65. The number of esters is 1. The monoisotopic (exact) mass is 512 g/mol. The van der Waals surface area contributed by atoms with Crippen molar-refractivity contribution in [2.75, 3.05) is 0 Å². The SMILES string of the molecule is CC(=O)O[C@H]1CC[C@@]2(C)C(CC[C@]3(C)C2C(=O)C=C2[C@@H]4C[C@@](C)(C(=O)O)CC[C@]4(C)CC[C@]23C)C1(C)C. The topological polar surface area (TPSA) is 80.7 Å². The molecule has 0 spiro atoms. The fraction of sp³-hybridized carbons (Fsp3) is 0.844. The largest absolute Gasteiger partial charge is 0.481 e. The highest BCUT2D eigenvalue weighted by Crippen LogP contribution is 2.75. The molecule has 5 rings (SSSR count). The average molecular weight is 513 g/mol. The van der Waals surface area contributed by atoms with Crippen LogP contribution in [0.4, 0.5) is 0 Å². The summed E-state index contributed by atoms with van der Waals surface area (Å²) >= 11 is 0. The van der Waals surface area contributed by atoms with Crippen molar-refractivity contribution in [2.45, 2.75) is 119 Å². The van der Waals surface area contributed by atoms with Crippen LogP contribution < -0.4 is 0 Å². The predicted octanol–water partition coefficient (Wildman–Crippen LogP) is 6.98. The van der Waals surface area contributed by atoms with E-state index >= 15 is 0 Å². The Kier molecular flexibility index (Phi) is 5.78. The Labute approximate surface area is 223 Å². The van der Waals surface area contributed by atoms with Crippen LogP contribution in [0.3, 0.4) is 0 Å². The first-order valence-electron chi connectivity index (χ1n) is 14.6. The van der Waals surface area contributed by atoms with Crippen LogP contribution >= 0.6 is 0 Å². The molecule has 0 saturated heterocycles. The van der Waals surface area contributed by atoms with Gasteiger partial charge in [0.25, 0.3) is 0 Å². The fourth-order valence-corrected chi connectivity index (χ4v) is 10.8. The minimum absolute atomic E-state index is 0.0644. The Morgan fingerprint density at radius 1 is 0.919 bits per heavy atom. The molecule has 5 nitrogen and oxygen atoms in total. The molecule has 2 unspecified atom stereocenters. The van der Waals surface area contributed by atoms with Crippen LogP contribution in [0.5, 0.6) is 0 Å². The van der Waals surface area contributed by atoms with Gasteiger partial charge in [0.05, 0.1) is 5.41 Å². The molecule has 5 heteroatoms. The lowest BCUT2D eigenvalue weighted by Gasteiger charge is -2.70. The van der Waals surface area contributed by atoms with Crippen molar-refractivity contribution in [3.63, 3.8) is 0 Å². The second-order valence-corrected chi connectivity index (χ2v) is 15.5. The lowest BCUT2D eigenvalue weighted by Crippen LogP contribution is -2.66. The number of fused-ring (bicyclic) bond motifs is 7. The first-order chi connectivity index (χ1) is 16.9. The third-order valence-electron chi connectivity index (χ3n) is 13.3. The number of carbonyl (C=O) groups excluding carboxylic acids is 2. The summed E-state index contributed by atoms with van der Waals surface area (Å²) in [5, 5.41) is 10.1. The van der Waals surface area contributed by atoms with Gasteiger partial charge in [-0.05, 0) is 104 Å². The molecule has 0 aromatic carbocycles. The molecule has 0 aromatic heterocycles. The van der Waals surface area contributed by atoms with E-state index in [4.69, 9.17) is 4.74 Å². The third-order valence-corrected chi connectivity index (χ3v) is 13.3. The van der Waals surface area contributed by atoms with Gasteiger partial charge in [-0.2, -0.15) is 0 Å². The highest BCUT2D eigenvalue weighted by atomic mass is 16.5. The van der Waals surface area contributed by atoms with E-state index in [1.165, 1.54) is 12.5 Å². The maximum absolute atomic E-state index is 14.4. The van der Waals surface area contributed by atoms with Crippen LogP contribution in [0, 0.1) is 50.2 Å². The molecule has 0 aromatic rings. The van der Waals surface area contributed by atoms with Crippen molar-refractivity contribution >= 4 is 17.7 Å². The van der Waals surface area contributed by atoms with E-state index in [0.717, 1.165) is 44.9 Å². The zero-order valence-corrected chi connectivity index (χ0v) is 24.3. The normalized spacial score (nSPS) is 50.5. The lowest BCUT2D eigenvalue weighted by atomic mass is 9.33. The van der Waals surface area contributed by atoms with Crippen molar-refractivity contribution in [1.29, 1.82) is 0 Å². The van der Waals surface area contributed by atoms with Crippen LogP contribution in [0.1, 0.15) is 113 Å². The van der Waals surface area contributed by atoms with Crippen LogP contribution in [0.2, 0.25) is 0 Å². The summed E-state index contributed by atoms with van der Waals surface area (Å²) in [6, 6.07) is 0. The molecule has 4 fully saturated rings. The van der Waals surface area contributed by atoms with Gasteiger partial charge in [0.15, 0.2) is 5.78 Å². The van der Waals surface area contributed by atoms with E-state index in [0.29, 0.717) is 18.8 Å². The first-order valence-corrected chi connectivity index (χ1v) is 14.6. The van der Waals surface area contributed by atoms with E-state index < -0.39 is 11.4 Å². The van der Waals surface area contributed by atoms with E-state index in [2.05, 4.69) is 41.5 Å². The van der Waals surface area contributed by atoms with Gasteiger partial charge in [-0.15, -0.1) is 0 Å². The van der Waals surface area contributed by atoms with Crippen molar-refractivity contribution in [3.05, 3.63) is 11.6 Å². The molecule has 0 aliphatic heterocycles. The van der Waals surface area contributed by atoms with Gasteiger partial charge in [0, 0.05) is 18.3 Å². The molecule has 0 radical (unpaired) electrons. The molecule has 0 heterocycles. The molecule has 206 valence electrons. The number of rotatable bonds is 2. The summed E-state index contributed by atoms with van der Waals surface area (Å²) in [6.45, 7) is 17.4. The standard InChI is InChI=1S/C32H48O5/c1-19(33)37-24-10-11-30(6)23(27(24,2)3)9-12-32(8)25(30)22(34)17-20-21-18-29(5,26(35)36)14-13-28(21,4)15-16-31(20,32)7/h17,21,23-25H,9-16,18H2,1-8H3,(H,35,36)/t21-,23?,24-,25?,28+,29-,30-,31+,32+/m0/s1. The molecule has 5 aliphatic carbocycles. The minimum atomic E-state index is -0.729. The molecule has 0 bridgehead atoms. The molecule has 0 amide bonds. The Morgan fingerprint density at radius 2 is 1.57 bits per heavy atom. The van der Waals surface area contributed by atoms with Crippen molar-refractivity contribution in [1.82, 2.24) is 0 Å². The van der Waals surface area contributed by atoms with Gasteiger partial charge >= 0.3 is 11.9 Å². The molecular formula is C32H48O5. The number of hydrogen-bond donors (Lipinski definition) is 1. The third kappa shape index (κ3) is 3.43. The summed E-state index contributed by atoms with van der Waals surface area (Å²) in [7, 11) is 0. The van der Waals surface area contributed by atoms with E-state index in [9.17, 15) is 19.5 Å². The van der Waals surface area contributed by atoms with Gasteiger partial charge in [0.1, 0.15) is 6.10 Å². The molecule has 37 heavy (non-hydrogen) atoms. The number of carbonyl (C=O) groups is 3. The summed E-state index contributed by atoms with van der Waals surface area (Å²) in [5.74, 6) is -0.280. The van der Waals surface area contributed by atoms with E-state index in [1.807, 2.05) is 13.0 Å². The molecular weight excluding hydrogens is 464 g/mol. The second-order valence-electron chi connectivity index (χ2n) is 15.5. The van der Waals surface area contributed by atoms with E-state index in [1.54, 1.807) is 0 Å². The maximum Gasteiger partial charge on any atom is 0.309 e. The predicted molar refractivity (Wildman–Crippen MR) is 143 cm³/mol. The number of allylic oxidation sites excluding steroid dienone is 2. The van der Waals surface area contributed by atoms with Gasteiger partial charge < -0.3 is 9.84 Å². The Morgan fingerprint density at radius 3 is 2.19 bits per heavy atom. The number of aliphatic carboxylic acids is 1. The van der Waals surface area contributed by atoms with Crippen LogP contribution in [0.25, 0.3) is 0 Å². The van der Waals surface area contributed by atoms with Gasteiger partial charge in [-0.3, -0.25) is 14.4 Å². The van der Waals surface area contributed by atoms with Crippen molar-refractivity contribution in [2.24, 2.45) is 50.2 Å². The highest BCUT2D eigenvalue weighted by molar-refractivity contribution is 5.95. The highest BCUT2D eigenvalue weighted by Gasteiger charge is 2.70.